The molecular weight excluding hydrogens is 268 g/mol. The van der Waals surface area contributed by atoms with Crippen molar-refractivity contribution in [2.45, 2.75) is 39.2 Å². The fraction of sp³-hybridized carbons (Fsp3) is 0.867. The Labute approximate surface area is 126 Å². The molecule has 120 valence electrons. The molecule has 3 unspecified atom stereocenters. The van der Waals surface area contributed by atoms with Gasteiger partial charge in [0.2, 0.25) is 11.8 Å². The lowest BCUT2D eigenvalue weighted by atomic mass is 9.90. The lowest BCUT2D eigenvalue weighted by molar-refractivity contribution is -0.139. The summed E-state index contributed by atoms with van der Waals surface area (Å²) < 4.78 is 0. The lowest BCUT2D eigenvalue weighted by Crippen LogP contribution is -2.51. The van der Waals surface area contributed by atoms with E-state index in [4.69, 9.17) is 11.5 Å². The summed E-state index contributed by atoms with van der Waals surface area (Å²) in [4.78, 5) is 28.0. The molecule has 0 aliphatic carbocycles. The van der Waals surface area contributed by atoms with E-state index in [1.54, 1.807) is 0 Å². The van der Waals surface area contributed by atoms with Gasteiger partial charge in [-0.25, -0.2) is 0 Å². The second-order valence-electron chi connectivity index (χ2n) is 6.94. The van der Waals surface area contributed by atoms with Crippen LogP contribution in [-0.4, -0.2) is 60.4 Å². The average molecular weight is 296 g/mol. The van der Waals surface area contributed by atoms with Crippen molar-refractivity contribution in [3.8, 4) is 0 Å². The van der Waals surface area contributed by atoms with Gasteiger partial charge in [0, 0.05) is 19.6 Å². The zero-order valence-electron chi connectivity index (χ0n) is 13.2. The average Bonchev–Trinajstić information content (AvgIpc) is 2.89. The van der Waals surface area contributed by atoms with Crippen molar-refractivity contribution in [3.63, 3.8) is 0 Å². The van der Waals surface area contributed by atoms with E-state index >= 15 is 0 Å². The van der Waals surface area contributed by atoms with Gasteiger partial charge in [-0.3, -0.25) is 14.5 Å². The van der Waals surface area contributed by atoms with Gasteiger partial charge >= 0.3 is 0 Å². The molecule has 2 saturated heterocycles. The van der Waals surface area contributed by atoms with Gasteiger partial charge in [-0.15, -0.1) is 0 Å². The molecule has 3 atom stereocenters. The van der Waals surface area contributed by atoms with Crippen LogP contribution in [0.4, 0.5) is 0 Å². The van der Waals surface area contributed by atoms with Crippen molar-refractivity contribution in [1.82, 2.24) is 9.80 Å². The Morgan fingerprint density at radius 1 is 1.38 bits per heavy atom. The maximum absolute atomic E-state index is 12.7. The van der Waals surface area contributed by atoms with Crippen LogP contribution in [0.15, 0.2) is 0 Å². The highest BCUT2D eigenvalue weighted by molar-refractivity contribution is 5.83. The van der Waals surface area contributed by atoms with Crippen LogP contribution >= 0.6 is 0 Å². The summed E-state index contributed by atoms with van der Waals surface area (Å²) in [6.45, 7) is 7.76. The molecular formula is C15H28N4O2. The summed E-state index contributed by atoms with van der Waals surface area (Å²) in [7, 11) is 0. The van der Waals surface area contributed by atoms with E-state index in [9.17, 15) is 9.59 Å². The smallest absolute Gasteiger partial charge is 0.239 e. The largest absolute Gasteiger partial charge is 0.369 e. The summed E-state index contributed by atoms with van der Waals surface area (Å²) in [5.74, 6) is -0.373. The van der Waals surface area contributed by atoms with Crippen LogP contribution in [0.2, 0.25) is 0 Å². The molecule has 6 heteroatoms. The summed E-state index contributed by atoms with van der Waals surface area (Å²) in [6.07, 6.45) is 2.68. The van der Waals surface area contributed by atoms with E-state index in [1.165, 1.54) is 0 Å². The third-order valence-corrected chi connectivity index (χ3v) is 5.12. The molecule has 0 saturated carbocycles. The minimum Gasteiger partial charge on any atom is -0.369 e. The van der Waals surface area contributed by atoms with Crippen LogP contribution in [-0.2, 0) is 9.59 Å². The molecule has 6 nitrogen and oxygen atoms in total. The summed E-state index contributed by atoms with van der Waals surface area (Å²) in [5.41, 5.74) is 11.3. The standard InChI is InChI=1S/C15H28N4O2/c1-11(19-7-5-15(2,9-16)10-19)14(21)18-6-3-4-12(8-18)13(17)20/h11-12H,3-10,16H2,1-2H3,(H2,17,20). The van der Waals surface area contributed by atoms with Gasteiger partial charge < -0.3 is 16.4 Å². The van der Waals surface area contributed by atoms with Gasteiger partial charge in [0.1, 0.15) is 0 Å². The molecule has 2 aliphatic heterocycles. The molecule has 0 aromatic rings. The third-order valence-electron chi connectivity index (χ3n) is 5.12. The molecule has 2 heterocycles. The summed E-state index contributed by atoms with van der Waals surface area (Å²) in [6, 6.07) is -0.148. The fourth-order valence-electron chi connectivity index (χ4n) is 3.39. The molecule has 0 aromatic heterocycles. The monoisotopic (exact) mass is 296 g/mol. The molecule has 0 spiro atoms. The normalized spacial score (nSPS) is 32.1. The number of hydrogen-bond donors (Lipinski definition) is 2. The van der Waals surface area contributed by atoms with Crippen molar-refractivity contribution in [3.05, 3.63) is 0 Å². The molecule has 0 bridgehead atoms. The van der Waals surface area contributed by atoms with Crippen LogP contribution in [0.3, 0.4) is 0 Å². The van der Waals surface area contributed by atoms with Crippen molar-refractivity contribution >= 4 is 11.8 Å². The summed E-state index contributed by atoms with van der Waals surface area (Å²) in [5, 5.41) is 0. The number of carbonyl (C=O) groups excluding carboxylic acids is 2. The van der Waals surface area contributed by atoms with Gasteiger partial charge in [0.05, 0.1) is 12.0 Å². The highest BCUT2D eigenvalue weighted by Crippen LogP contribution is 2.30. The zero-order chi connectivity index (χ0) is 15.6. The first kappa shape index (κ1) is 16.2. The van der Waals surface area contributed by atoms with Gasteiger partial charge in [-0.2, -0.15) is 0 Å². The number of likely N-dealkylation sites (tertiary alicyclic amines) is 2. The Kier molecular flexibility index (Phi) is 4.88. The Bertz CT molecular complexity index is 414. The van der Waals surface area contributed by atoms with Crippen molar-refractivity contribution in [1.29, 1.82) is 0 Å². The molecule has 0 radical (unpaired) electrons. The summed E-state index contributed by atoms with van der Waals surface area (Å²) >= 11 is 0. The quantitative estimate of drug-likeness (QED) is 0.749. The molecule has 2 fully saturated rings. The van der Waals surface area contributed by atoms with Crippen LogP contribution in [0.25, 0.3) is 0 Å². The number of rotatable bonds is 4. The van der Waals surface area contributed by atoms with Crippen LogP contribution in [0.5, 0.6) is 0 Å². The number of piperidine rings is 1. The Hall–Kier alpha value is -1.14. The Balaban J connectivity index is 1.95. The maximum Gasteiger partial charge on any atom is 0.239 e. The minimum atomic E-state index is -0.294. The Morgan fingerprint density at radius 3 is 2.67 bits per heavy atom. The van der Waals surface area contributed by atoms with Gasteiger partial charge in [0.25, 0.3) is 0 Å². The predicted molar refractivity (Wildman–Crippen MR) is 81.3 cm³/mol. The number of hydrogen-bond acceptors (Lipinski definition) is 4. The molecule has 2 rings (SSSR count). The van der Waals surface area contributed by atoms with Crippen molar-refractivity contribution in [2.75, 3.05) is 32.7 Å². The van der Waals surface area contributed by atoms with E-state index in [0.717, 1.165) is 38.9 Å². The number of amides is 2. The number of nitrogens with two attached hydrogens (primary N) is 2. The van der Waals surface area contributed by atoms with E-state index < -0.39 is 0 Å². The van der Waals surface area contributed by atoms with Gasteiger partial charge in [-0.1, -0.05) is 6.92 Å². The van der Waals surface area contributed by atoms with E-state index in [2.05, 4.69) is 11.8 Å². The van der Waals surface area contributed by atoms with Crippen LogP contribution in [0.1, 0.15) is 33.1 Å². The maximum atomic E-state index is 12.7. The topological polar surface area (TPSA) is 92.7 Å². The first-order valence-corrected chi connectivity index (χ1v) is 7.88. The van der Waals surface area contributed by atoms with Crippen LogP contribution < -0.4 is 11.5 Å². The molecule has 2 aliphatic rings. The third kappa shape index (κ3) is 3.55. The molecule has 4 N–H and O–H groups in total. The second-order valence-corrected chi connectivity index (χ2v) is 6.94. The van der Waals surface area contributed by atoms with Crippen LogP contribution in [0, 0.1) is 11.3 Å². The van der Waals surface area contributed by atoms with E-state index in [0.29, 0.717) is 13.1 Å². The van der Waals surface area contributed by atoms with E-state index in [1.807, 2.05) is 11.8 Å². The number of nitrogens with zero attached hydrogens (tertiary/aromatic N) is 2. The van der Waals surface area contributed by atoms with Crippen molar-refractivity contribution in [2.24, 2.45) is 22.8 Å². The minimum absolute atomic E-state index is 0.113. The van der Waals surface area contributed by atoms with Crippen molar-refractivity contribution < 1.29 is 9.59 Å². The lowest BCUT2D eigenvalue weighted by Gasteiger charge is -2.35. The van der Waals surface area contributed by atoms with Gasteiger partial charge in [-0.05, 0) is 44.7 Å². The van der Waals surface area contributed by atoms with Gasteiger partial charge in [0.15, 0.2) is 0 Å². The molecule has 2 amide bonds. The highest BCUT2D eigenvalue weighted by atomic mass is 16.2. The highest BCUT2D eigenvalue weighted by Gasteiger charge is 2.38. The predicted octanol–water partition coefficient (Wildman–Crippen LogP) is -0.230. The fourth-order valence-corrected chi connectivity index (χ4v) is 3.39. The second kappa shape index (κ2) is 6.32. The number of primary amides is 1. The molecule has 0 aromatic carbocycles. The first-order chi connectivity index (χ1) is 9.86. The first-order valence-electron chi connectivity index (χ1n) is 7.88. The molecule has 21 heavy (non-hydrogen) atoms. The Morgan fingerprint density at radius 2 is 2.10 bits per heavy atom. The number of carbonyl (C=O) groups is 2. The van der Waals surface area contributed by atoms with E-state index in [-0.39, 0.29) is 29.2 Å². The SMILES string of the molecule is CC(C(=O)N1CCCC(C(N)=O)C1)N1CCC(C)(CN)C1. The zero-order valence-corrected chi connectivity index (χ0v) is 13.2.